The topological polar surface area (TPSA) is 46.9 Å². The minimum atomic E-state index is 0.118. The van der Waals surface area contributed by atoms with Gasteiger partial charge in [-0.25, -0.2) is 4.98 Å². The molecule has 0 fully saturated rings. The highest BCUT2D eigenvalue weighted by atomic mass is 16.1. The van der Waals surface area contributed by atoms with Crippen LogP contribution in [0, 0.1) is 6.92 Å². The van der Waals surface area contributed by atoms with E-state index < -0.39 is 0 Å². The fourth-order valence-corrected chi connectivity index (χ4v) is 2.57. The number of imidazole rings is 1. The number of aryl methyl sites for hydroxylation is 1. The van der Waals surface area contributed by atoms with Crippen molar-refractivity contribution < 1.29 is 4.79 Å². The molecule has 0 bridgehead atoms. The van der Waals surface area contributed by atoms with Crippen LogP contribution < -0.4 is 5.32 Å². The number of amides is 1. The number of carbonyl (C=O) groups excluding carboxylic acids is 1. The third-order valence-corrected chi connectivity index (χ3v) is 3.72. The van der Waals surface area contributed by atoms with Crippen LogP contribution in [-0.4, -0.2) is 22.0 Å². The summed E-state index contributed by atoms with van der Waals surface area (Å²) in [6.45, 7) is 4.73. The van der Waals surface area contributed by atoms with Crippen molar-refractivity contribution in [2.75, 3.05) is 6.54 Å². The van der Waals surface area contributed by atoms with Crippen LogP contribution in [0.25, 0.3) is 0 Å². The lowest BCUT2D eigenvalue weighted by Crippen LogP contribution is -2.28. The lowest BCUT2D eigenvalue weighted by molar-refractivity contribution is -0.121. The van der Waals surface area contributed by atoms with E-state index in [0.717, 1.165) is 18.7 Å². The second-order valence-corrected chi connectivity index (χ2v) is 5.32. The molecule has 1 aromatic heterocycles. The summed E-state index contributed by atoms with van der Waals surface area (Å²) in [5, 5.41) is 3.02. The van der Waals surface area contributed by atoms with Crippen LogP contribution in [0.5, 0.6) is 0 Å². The summed E-state index contributed by atoms with van der Waals surface area (Å²) in [6, 6.07) is 0.155. The summed E-state index contributed by atoms with van der Waals surface area (Å²) in [5.74, 6) is 1.07. The van der Waals surface area contributed by atoms with Gasteiger partial charge < -0.3 is 9.88 Å². The van der Waals surface area contributed by atoms with Gasteiger partial charge in [0, 0.05) is 31.4 Å². The lowest BCUT2D eigenvalue weighted by atomic mass is 10.00. The second kappa shape index (κ2) is 6.55. The molecule has 1 N–H and O–H groups in total. The number of carbonyl (C=O) groups is 1. The summed E-state index contributed by atoms with van der Waals surface area (Å²) in [5.41, 5.74) is 1.38. The predicted octanol–water partition coefficient (Wildman–Crippen LogP) is 2.76. The fourth-order valence-electron chi connectivity index (χ4n) is 2.57. The van der Waals surface area contributed by atoms with Crippen molar-refractivity contribution in [3.63, 3.8) is 0 Å². The first-order chi connectivity index (χ1) is 9.16. The summed E-state index contributed by atoms with van der Waals surface area (Å²) >= 11 is 0. The molecule has 0 aliphatic heterocycles. The standard InChI is InChI=1S/C15H23N3O/c1-12(18-9-8-16-13(18)2)10-15(19)17-11-14-6-4-3-5-7-14/h6,8-9,12H,3-5,7,10-11H2,1-2H3,(H,17,19)/t12-/m1/s1. The zero-order chi connectivity index (χ0) is 13.7. The molecule has 0 radical (unpaired) electrons. The summed E-state index contributed by atoms with van der Waals surface area (Å²) < 4.78 is 2.04. The van der Waals surface area contributed by atoms with E-state index in [9.17, 15) is 4.79 Å². The molecule has 19 heavy (non-hydrogen) atoms. The molecule has 1 aliphatic rings. The first kappa shape index (κ1) is 13.8. The first-order valence-electron chi connectivity index (χ1n) is 7.11. The van der Waals surface area contributed by atoms with E-state index in [-0.39, 0.29) is 11.9 Å². The van der Waals surface area contributed by atoms with Crippen LogP contribution in [0.4, 0.5) is 0 Å². The van der Waals surface area contributed by atoms with Crippen LogP contribution in [0.15, 0.2) is 24.0 Å². The van der Waals surface area contributed by atoms with Crippen molar-refractivity contribution in [2.45, 2.75) is 52.0 Å². The van der Waals surface area contributed by atoms with Gasteiger partial charge in [-0.15, -0.1) is 0 Å². The maximum atomic E-state index is 11.9. The maximum Gasteiger partial charge on any atom is 0.222 e. The van der Waals surface area contributed by atoms with E-state index in [1.54, 1.807) is 6.20 Å². The highest BCUT2D eigenvalue weighted by molar-refractivity contribution is 5.76. The molecule has 2 rings (SSSR count). The maximum absolute atomic E-state index is 11.9. The van der Waals surface area contributed by atoms with Gasteiger partial charge in [-0.2, -0.15) is 0 Å². The molecule has 1 aromatic rings. The Morgan fingerprint density at radius 1 is 1.53 bits per heavy atom. The molecular weight excluding hydrogens is 238 g/mol. The minimum absolute atomic E-state index is 0.118. The molecule has 0 saturated carbocycles. The predicted molar refractivity (Wildman–Crippen MR) is 75.9 cm³/mol. The Labute approximate surface area is 114 Å². The van der Waals surface area contributed by atoms with Crippen molar-refractivity contribution in [2.24, 2.45) is 0 Å². The lowest BCUT2D eigenvalue weighted by Gasteiger charge is -2.16. The smallest absolute Gasteiger partial charge is 0.222 e. The van der Waals surface area contributed by atoms with Gasteiger partial charge in [-0.05, 0) is 39.5 Å². The molecule has 0 saturated heterocycles. The Bertz CT molecular complexity index is 462. The van der Waals surface area contributed by atoms with Crippen molar-refractivity contribution in [3.05, 3.63) is 29.9 Å². The fraction of sp³-hybridized carbons (Fsp3) is 0.600. The van der Waals surface area contributed by atoms with E-state index in [2.05, 4.69) is 16.4 Å². The van der Waals surface area contributed by atoms with Gasteiger partial charge in [0.25, 0.3) is 0 Å². The zero-order valence-electron chi connectivity index (χ0n) is 11.9. The van der Waals surface area contributed by atoms with Gasteiger partial charge >= 0.3 is 0 Å². The highest BCUT2D eigenvalue weighted by Crippen LogP contribution is 2.17. The van der Waals surface area contributed by atoms with Crippen molar-refractivity contribution >= 4 is 5.91 Å². The van der Waals surface area contributed by atoms with Crippen LogP contribution in [0.1, 0.15) is 50.9 Å². The second-order valence-electron chi connectivity index (χ2n) is 5.32. The molecule has 104 valence electrons. The Morgan fingerprint density at radius 3 is 3.00 bits per heavy atom. The molecule has 0 spiro atoms. The SMILES string of the molecule is Cc1nccn1[C@H](C)CC(=O)NCC1=CCCCC1. The van der Waals surface area contributed by atoms with Crippen LogP contribution in [0.2, 0.25) is 0 Å². The minimum Gasteiger partial charge on any atom is -0.352 e. The van der Waals surface area contributed by atoms with E-state index in [1.807, 2.05) is 24.6 Å². The number of hydrogen-bond donors (Lipinski definition) is 1. The molecule has 1 atom stereocenters. The molecular formula is C15H23N3O. The Hall–Kier alpha value is -1.58. The van der Waals surface area contributed by atoms with Crippen molar-refractivity contribution in [1.29, 1.82) is 0 Å². The largest absolute Gasteiger partial charge is 0.352 e. The number of nitrogens with one attached hydrogen (secondary N) is 1. The monoisotopic (exact) mass is 261 g/mol. The number of aromatic nitrogens is 2. The summed E-state index contributed by atoms with van der Waals surface area (Å²) in [4.78, 5) is 16.1. The number of allylic oxidation sites excluding steroid dienone is 1. The Balaban J connectivity index is 1.78. The Kier molecular flexibility index (Phi) is 4.77. The number of rotatable bonds is 5. The molecule has 1 amide bonds. The summed E-state index contributed by atoms with van der Waals surface area (Å²) in [7, 11) is 0. The number of nitrogens with zero attached hydrogens (tertiary/aromatic N) is 2. The van der Waals surface area contributed by atoms with Gasteiger partial charge in [-0.3, -0.25) is 4.79 Å². The molecule has 0 unspecified atom stereocenters. The van der Waals surface area contributed by atoms with Gasteiger partial charge in [-0.1, -0.05) is 11.6 Å². The normalized spacial score (nSPS) is 16.8. The van der Waals surface area contributed by atoms with Crippen molar-refractivity contribution in [3.8, 4) is 0 Å². The van der Waals surface area contributed by atoms with Crippen LogP contribution >= 0.6 is 0 Å². The molecule has 1 heterocycles. The average molecular weight is 261 g/mol. The van der Waals surface area contributed by atoms with Gasteiger partial charge in [0.05, 0.1) is 0 Å². The zero-order valence-corrected chi connectivity index (χ0v) is 11.9. The third-order valence-electron chi connectivity index (χ3n) is 3.72. The molecule has 4 heteroatoms. The Morgan fingerprint density at radius 2 is 2.37 bits per heavy atom. The van der Waals surface area contributed by atoms with E-state index in [4.69, 9.17) is 0 Å². The quantitative estimate of drug-likeness (QED) is 0.828. The number of hydrogen-bond acceptors (Lipinski definition) is 2. The van der Waals surface area contributed by atoms with Gasteiger partial charge in [0.2, 0.25) is 5.91 Å². The summed E-state index contributed by atoms with van der Waals surface area (Å²) in [6.07, 6.45) is 11.3. The van der Waals surface area contributed by atoms with Crippen molar-refractivity contribution in [1.82, 2.24) is 14.9 Å². The molecule has 0 aromatic carbocycles. The van der Waals surface area contributed by atoms with Crippen LogP contribution in [0.3, 0.4) is 0 Å². The van der Waals surface area contributed by atoms with Gasteiger partial charge in [0.15, 0.2) is 0 Å². The van der Waals surface area contributed by atoms with E-state index in [1.165, 1.54) is 18.4 Å². The van der Waals surface area contributed by atoms with Crippen LogP contribution in [-0.2, 0) is 4.79 Å². The van der Waals surface area contributed by atoms with Gasteiger partial charge in [0.1, 0.15) is 5.82 Å². The third kappa shape index (κ3) is 3.94. The molecule has 1 aliphatic carbocycles. The highest BCUT2D eigenvalue weighted by Gasteiger charge is 2.12. The molecule has 4 nitrogen and oxygen atoms in total. The van der Waals surface area contributed by atoms with E-state index >= 15 is 0 Å². The average Bonchev–Trinajstić information content (AvgIpc) is 2.84. The van der Waals surface area contributed by atoms with E-state index in [0.29, 0.717) is 13.0 Å². The first-order valence-corrected chi connectivity index (χ1v) is 7.11.